The van der Waals surface area contributed by atoms with Crippen LogP contribution in [0.4, 0.5) is 5.69 Å². The molecular weight excluding hydrogens is 176 g/mol. The van der Waals surface area contributed by atoms with E-state index >= 15 is 0 Å². The van der Waals surface area contributed by atoms with Crippen molar-refractivity contribution in [2.75, 3.05) is 11.9 Å². The summed E-state index contributed by atoms with van der Waals surface area (Å²) in [4.78, 5) is 10.7. The number of nitrogens with one attached hydrogen (secondary N) is 1. The molecule has 0 aliphatic rings. The first-order valence-corrected chi connectivity index (χ1v) is 4.46. The van der Waals surface area contributed by atoms with Gasteiger partial charge >= 0.3 is 0 Å². The van der Waals surface area contributed by atoms with Crippen molar-refractivity contribution in [3.8, 4) is 6.07 Å². The van der Waals surface area contributed by atoms with E-state index in [1.807, 2.05) is 18.2 Å². The third kappa shape index (κ3) is 3.28. The normalized spacial score (nSPS) is 9.14. The first-order chi connectivity index (χ1) is 6.72. The molecule has 3 heteroatoms. The maximum atomic E-state index is 10.7. The lowest BCUT2D eigenvalue weighted by Crippen LogP contribution is -2.05. The smallest absolute Gasteiger partial charge is 0.131 e. The van der Waals surface area contributed by atoms with Crippen LogP contribution in [-0.4, -0.2) is 12.3 Å². The molecule has 0 atom stereocenters. The maximum Gasteiger partial charge on any atom is 0.131 e. The van der Waals surface area contributed by atoms with Crippen molar-refractivity contribution < 1.29 is 4.79 Å². The molecule has 0 heterocycles. The predicted molar refractivity (Wildman–Crippen MR) is 54.9 cm³/mol. The molecule has 0 saturated carbocycles. The van der Waals surface area contributed by atoms with Crippen LogP contribution in [-0.2, 0) is 4.79 Å². The molecule has 0 radical (unpaired) electrons. The Hall–Kier alpha value is -1.82. The molecule has 1 N–H and O–H groups in total. The summed E-state index contributed by atoms with van der Waals surface area (Å²) >= 11 is 0. The van der Waals surface area contributed by atoms with Gasteiger partial charge in [0.1, 0.15) is 5.78 Å². The number of hydrogen-bond acceptors (Lipinski definition) is 3. The third-order valence-electron chi connectivity index (χ3n) is 1.82. The van der Waals surface area contributed by atoms with Gasteiger partial charge in [-0.05, 0) is 31.2 Å². The summed E-state index contributed by atoms with van der Waals surface area (Å²) in [6.07, 6.45) is 0.528. The second-order valence-electron chi connectivity index (χ2n) is 3.07. The monoisotopic (exact) mass is 188 g/mol. The van der Waals surface area contributed by atoms with Gasteiger partial charge in [-0.15, -0.1) is 0 Å². The minimum Gasteiger partial charge on any atom is -0.385 e. The highest BCUT2D eigenvalue weighted by atomic mass is 16.1. The Morgan fingerprint density at radius 3 is 2.57 bits per heavy atom. The van der Waals surface area contributed by atoms with Gasteiger partial charge in [0.2, 0.25) is 0 Å². The molecule has 0 aromatic heterocycles. The lowest BCUT2D eigenvalue weighted by Gasteiger charge is -2.03. The Kier molecular flexibility index (Phi) is 3.69. The van der Waals surface area contributed by atoms with Crippen LogP contribution in [0.2, 0.25) is 0 Å². The number of benzene rings is 1. The van der Waals surface area contributed by atoms with Gasteiger partial charge in [-0.1, -0.05) is 0 Å². The Balaban J connectivity index is 2.45. The minimum absolute atomic E-state index is 0.172. The van der Waals surface area contributed by atoms with Crippen molar-refractivity contribution in [3.05, 3.63) is 29.8 Å². The number of hydrogen-bond donors (Lipinski definition) is 1. The molecule has 0 saturated heterocycles. The van der Waals surface area contributed by atoms with Gasteiger partial charge in [-0.25, -0.2) is 0 Å². The largest absolute Gasteiger partial charge is 0.385 e. The first kappa shape index (κ1) is 10.3. The summed E-state index contributed by atoms with van der Waals surface area (Å²) < 4.78 is 0. The molecule has 0 fully saturated rings. The fourth-order valence-corrected chi connectivity index (χ4v) is 1.05. The number of ketones is 1. The van der Waals surface area contributed by atoms with Gasteiger partial charge in [-0.2, -0.15) is 5.26 Å². The fraction of sp³-hybridized carbons (Fsp3) is 0.273. The Morgan fingerprint density at radius 2 is 2.07 bits per heavy atom. The number of carbonyl (C=O) groups is 1. The van der Waals surface area contributed by atoms with E-state index in [1.54, 1.807) is 19.1 Å². The lowest BCUT2D eigenvalue weighted by molar-refractivity contribution is -0.116. The SMILES string of the molecule is CC(=O)CCNc1ccc(C#N)cc1. The van der Waals surface area contributed by atoms with Crippen molar-refractivity contribution in [2.45, 2.75) is 13.3 Å². The van der Waals surface area contributed by atoms with Crippen molar-refractivity contribution in [1.29, 1.82) is 5.26 Å². The predicted octanol–water partition coefficient (Wildman–Crippen LogP) is 1.95. The number of carbonyl (C=O) groups excluding carboxylic acids is 1. The molecule has 0 amide bonds. The van der Waals surface area contributed by atoms with E-state index in [0.29, 0.717) is 18.5 Å². The van der Waals surface area contributed by atoms with Crippen LogP contribution in [0, 0.1) is 11.3 Å². The standard InChI is InChI=1S/C11H12N2O/c1-9(14)6-7-13-11-4-2-10(8-12)3-5-11/h2-5,13H,6-7H2,1H3. The van der Waals surface area contributed by atoms with Crippen molar-refractivity contribution in [1.82, 2.24) is 0 Å². The average molecular weight is 188 g/mol. The second-order valence-corrected chi connectivity index (χ2v) is 3.07. The topological polar surface area (TPSA) is 52.9 Å². The summed E-state index contributed by atoms with van der Waals surface area (Å²) in [5.41, 5.74) is 1.58. The molecule has 1 aromatic rings. The highest BCUT2D eigenvalue weighted by Crippen LogP contribution is 2.08. The van der Waals surface area contributed by atoms with Gasteiger partial charge in [-0.3, -0.25) is 4.79 Å². The van der Waals surface area contributed by atoms with E-state index < -0.39 is 0 Å². The minimum atomic E-state index is 0.172. The van der Waals surface area contributed by atoms with Crippen LogP contribution in [0.1, 0.15) is 18.9 Å². The van der Waals surface area contributed by atoms with Crippen LogP contribution in [0.15, 0.2) is 24.3 Å². The van der Waals surface area contributed by atoms with Gasteiger partial charge < -0.3 is 5.32 Å². The molecule has 0 bridgehead atoms. The molecular formula is C11H12N2O. The number of anilines is 1. The van der Waals surface area contributed by atoms with Crippen molar-refractivity contribution in [3.63, 3.8) is 0 Å². The highest BCUT2D eigenvalue weighted by Gasteiger charge is 1.94. The second kappa shape index (κ2) is 5.03. The summed E-state index contributed by atoms with van der Waals surface area (Å²) in [6, 6.07) is 9.20. The molecule has 0 aliphatic carbocycles. The first-order valence-electron chi connectivity index (χ1n) is 4.46. The van der Waals surface area contributed by atoms with Crippen LogP contribution >= 0.6 is 0 Å². The fourth-order valence-electron chi connectivity index (χ4n) is 1.05. The quantitative estimate of drug-likeness (QED) is 0.785. The lowest BCUT2D eigenvalue weighted by atomic mass is 10.2. The zero-order valence-electron chi connectivity index (χ0n) is 8.08. The molecule has 14 heavy (non-hydrogen) atoms. The van der Waals surface area contributed by atoms with E-state index in [4.69, 9.17) is 5.26 Å². The van der Waals surface area contributed by atoms with Crippen molar-refractivity contribution in [2.24, 2.45) is 0 Å². The summed E-state index contributed by atoms with van der Waals surface area (Å²) in [5, 5.41) is 11.7. The Labute approximate surface area is 83.4 Å². The summed E-state index contributed by atoms with van der Waals surface area (Å²) in [5.74, 6) is 0.172. The summed E-state index contributed by atoms with van der Waals surface area (Å²) in [7, 11) is 0. The molecule has 1 rings (SSSR count). The number of nitriles is 1. The number of rotatable bonds is 4. The molecule has 3 nitrogen and oxygen atoms in total. The van der Waals surface area contributed by atoms with Crippen LogP contribution in [0.5, 0.6) is 0 Å². The van der Waals surface area contributed by atoms with E-state index in [-0.39, 0.29) is 5.78 Å². The maximum absolute atomic E-state index is 10.7. The third-order valence-corrected chi connectivity index (χ3v) is 1.82. The van der Waals surface area contributed by atoms with E-state index in [9.17, 15) is 4.79 Å². The van der Waals surface area contributed by atoms with Crippen LogP contribution in [0.3, 0.4) is 0 Å². The number of Topliss-reactive ketones (excluding diaryl/α,β-unsaturated/α-hetero) is 1. The van der Waals surface area contributed by atoms with Crippen molar-refractivity contribution >= 4 is 11.5 Å². The molecule has 0 unspecified atom stereocenters. The Bertz CT molecular complexity index is 349. The van der Waals surface area contributed by atoms with Gasteiger partial charge in [0.25, 0.3) is 0 Å². The molecule has 0 spiro atoms. The molecule has 0 aliphatic heterocycles. The van der Waals surface area contributed by atoms with Gasteiger partial charge in [0.05, 0.1) is 11.6 Å². The van der Waals surface area contributed by atoms with Gasteiger partial charge in [0.15, 0.2) is 0 Å². The zero-order chi connectivity index (χ0) is 10.4. The van der Waals surface area contributed by atoms with Crippen LogP contribution < -0.4 is 5.32 Å². The molecule has 1 aromatic carbocycles. The number of nitrogens with zero attached hydrogens (tertiary/aromatic N) is 1. The van der Waals surface area contributed by atoms with Gasteiger partial charge in [0, 0.05) is 18.7 Å². The Morgan fingerprint density at radius 1 is 1.43 bits per heavy atom. The average Bonchev–Trinajstić information content (AvgIpc) is 2.18. The van der Waals surface area contributed by atoms with E-state index in [2.05, 4.69) is 5.32 Å². The van der Waals surface area contributed by atoms with E-state index in [0.717, 1.165) is 5.69 Å². The van der Waals surface area contributed by atoms with E-state index in [1.165, 1.54) is 0 Å². The van der Waals surface area contributed by atoms with Crippen LogP contribution in [0.25, 0.3) is 0 Å². The zero-order valence-corrected chi connectivity index (χ0v) is 8.08. The summed E-state index contributed by atoms with van der Waals surface area (Å²) in [6.45, 7) is 2.21. The molecule has 72 valence electrons. The highest BCUT2D eigenvalue weighted by molar-refractivity contribution is 5.76.